The quantitative estimate of drug-likeness (QED) is 0.159. The van der Waals surface area contributed by atoms with Crippen LogP contribution in [0.25, 0.3) is 138 Å². The van der Waals surface area contributed by atoms with Crippen molar-refractivity contribution in [2.75, 3.05) is 0 Å². The fourth-order valence-electron chi connectivity index (χ4n) is 12.4. The first-order chi connectivity index (χ1) is 35.3. The summed E-state index contributed by atoms with van der Waals surface area (Å²) in [6.45, 7) is 0. The molecule has 0 radical (unpaired) electrons. The van der Waals surface area contributed by atoms with E-state index in [1.54, 1.807) is 0 Å². The lowest BCUT2D eigenvalue weighted by Gasteiger charge is -2.19. The van der Waals surface area contributed by atoms with Gasteiger partial charge < -0.3 is 22.8 Å². The lowest BCUT2D eigenvalue weighted by molar-refractivity contribution is 1.14. The first-order valence-electron chi connectivity index (χ1n) is 24.4. The van der Waals surface area contributed by atoms with Crippen LogP contribution in [0.15, 0.2) is 249 Å². The predicted octanol–water partition coefficient (Wildman–Crippen LogP) is 17.1. The van der Waals surface area contributed by atoms with Crippen LogP contribution in [0, 0.1) is 0 Å². The smallest absolute Gasteiger partial charge is 0.0563 e. The molecular formula is C66H41N5. The Balaban J connectivity index is 0.896. The number of nitrogens with zero attached hydrogens (tertiary/aromatic N) is 5. The van der Waals surface area contributed by atoms with Gasteiger partial charge in [0.15, 0.2) is 0 Å². The van der Waals surface area contributed by atoms with Gasteiger partial charge in [-0.3, -0.25) is 0 Å². The zero-order chi connectivity index (χ0) is 46.3. The fourth-order valence-corrected chi connectivity index (χ4v) is 12.4. The van der Waals surface area contributed by atoms with Gasteiger partial charge in [-0.2, -0.15) is 0 Å². The van der Waals surface area contributed by atoms with Crippen LogP contribution in [0.4, 0.5) is 0 Å². The van der Waals surface area contributed by atoms with Gasteiger partial charge in [-0.25, -0.2) is 0 Å². The molecule has 5 heteroatoms. The van der Waals surface area contributed by atoms with Crippen molar-refractivity contribution in [1.82, 2.24) is 22.8 Å². The lowest BCUT2D eigenvalue weighted by atomic mass is 10.0. The van der Waals surface area contributed by atoms with Gasteiger partial charge in [-0.1, -0.05) is 146 Å². The van der Waals surface area contributed by atoms with E-state index in [1.165, 1.54) is 104 Å². The van der Waals surface area contributed by atoms with Gasteiger partial charge in [-0.15, -0.1) is 0 Å². The predicted molar refractivity (Wildman–Crippen MR) is 297 cm³/mol. The molecule has 0 spiro atoms. The first-order valence-corrected chi connectivity index (χ1v) is 24.4. The van der Waals surface area contributed by atoms with Crippen molar-refractivity contribution in [2.24, 2.45) is 0 Å². The van der Waals surface area contributed by atoms with Gasteiger partial charge in [0.2, 0.25) is 0 Å². The maximum absolute atomic E-state index is 2.50. The van der Waals surface area contributed by atoms with Crippen molar-refractivity contribution in [3.05, 3.63) is 249 Å². The number of rotatable bonds is 6. The summed E-state index contributed by atoms with van der Waals surface area (Å²) in [6, 6.07) is 91.4. The SMILES string of the molecule is c1ccc(-n2c3ccccc3c3cc(-n4c5cccc6c5c5c4cccc5n6-c4ccccc4-c4ccccc4-n4c5ccccc5c5ccc(-n6c7ccccc7c7ccccc76)cc54)ccc32)cc1. The molecule has 0 aliphatic rings. The molecule has 0 saturated heterocycles. The Morgan fingerprint density at radius 3 is 1.10 bits per heavy atom. The molecule has 0 unspecified atom stereocenters. The molecule has 0 saturated carbocycles. The van der Waals surface area contributed by atoms with Crippen LogP contribution in [0.3, 0.4) is 0 Å². The van der Waals surface area contributed by atoms with E-state index in [-0.39, 0.29) is 0 Å². The summed E-state index contributed by atoms with van der Waals surface area (Å²) in [4.78, 5) is 0. The van der Waals surface area contributed by atoms with Crippen LogP contribution in [-0.4, -0.2) is 22.8 Å². The highest BCUT2D eigenvalue weighted by Gasteiger charge is 2.26. The van der Waals surface area contributed by atoms with E-state index in [2.05, 4.69) is 272 Å². The molecule has 11 aromatic carbocycles. The van der Waals surface area contributed by atoms with E-state index in [0.717, 1.165) is 34.0 Å². The van der Waals surface area contributed by atoms with Crippen LogP contribution in [0.2, 0.25) is 0 Å². The molecule has 0 atom stereocenters. The van der Waals surface area contributed by atoms with Crippen molar-refractivity contribution in [1.29, 1.82) is 0 Å². The monoisotopic (exact) mass is 903 g/mol. The molecule has 0 bridgehead atoms. The summed E-state index contributed by atoms with van der Waals surface area (Å²) < 4.78 is 12.3. The van der Waals surface area contributed by atoms with Crippen molar-refractivity contribution >= 4 is 98.3 Å². The zero-order valence-corrected chi connectivity index (χ0v) is 38.4. The molecule has 5 aromatic heterocycles. The van der Waals surface area contributed by atoms with Gasteiger partial charge in [0.1, 0.15) is 0 Å². The second-order valence-corrected chi connectivity index (χ2v) is 18.9. The summed E-state index contributed by atoms with van der Waals surface area (Å²) in [5.74, 6) is 0. The van der Waals surface area contributed by atoms with E-state index in [1.807, 2.05) is 0 Å². The number of para-hydroxylation sites is 7. The van der Waals surface area contributed by atoms with Crippen molar-refractivity contribution in [3.63, 3.8) is 0 Å². The fraction of sp³-hybridized carbons (Fsp3) is 0. The molecule has 0 N–H and O–H groups in total. The summed E-state index contributed by atoms with van der Waals surface area (Å²) in [6.07, 6.45) is 0. The molecular weight excluding hydrogens is 863 g/mol. The van der Waals surface area contributed by atoms with Crippen molar-refractivity contribution in [3.8, 4) is 39.6 Å². The minimum atomic E-state index is 1.13. The van der Waals surface area contributed by atoms with Crippen LogP contribution < -0.4 is 0 Å². The van der Waals surface area contributed by atoms with Crippen LogP contribution in [0.1, 0.15) is 0 Å². The molecule has 0 aliphatic heterocycles. The molecule has 0 amide bonds. The number of aromatic nitrogens is 5. The van der Waals surface area contributed by atoms with Crippen LogP contribution in [0.5, 0.6) is 0 Å². The maximum atomic E-state index is 2.50. The largest absolute Gasteiger partial charge is 0.309 e. The molecule has 330 valence electrons. The molecule has 5 heterocycles. The summed E-state index contributed by atoms with van der Waals surface area (Å²) in [5.41, 5.74) is 20.0. The van der Waals surface area contributed by atoms with E-state index in [4.69, 9.17) is 0 Å². The van der Waals surface area contributed by atoms with Crippen molar-refractivity contribution < 1.29 is 0 Å². The topological polar surface area (TPSA) is 24.6 Å². The highest BCUT2D eigenvalue weighted by atomic mass is 15.1. The highest BCUT2D eigenvalue weighted by Crippen LogP contribution is 2.46. The van der Waals surface area contributed by atoms with E-state index < -0.39 is 0 Å². The third kappa shape index (κ3) is 5.24. The highest BCUT2D eigenvalue weighted by molar-refractivity contribution is 6.26. The molecule has 16 rings (SSSR count). The van der Waals surface area contributed by atoms with Crippen molar-refractivity contribution in [2.45, 2.75) is 0 Å². The van der Waals surface area contributed by atoms with Crippen LogP contribution >= 0.6 is 0 Å². The minimum Gasteiger partial charge on any atom is -0.309 e. The average Bonchev–Trinajstić information content (AvgIpc) is 4.23. The Bertz CT molecular complexity index is 4700. The molecule has 0 fully saturated rings. The number of hydrogen-bond acceptors (Lipinski definition) is 0. The number of benzene rings is 11. The molecule has 0 aliphatic carbocycles. The van der Waals surface area contributed by atoms with Gasteiger partial charge in [0.25, 0.3) is 0 Å². The summed E-state index contributed by atoms with van der Waals surface area (Å²) >= 11 is 0. The Labute approximate surface area is 407 Å². The standard InChI is InChI=1S/C66H41N5/c1-2-18-42(19-3-1)67-55-28-12-9-25-50(55)52-40-43(37-39-59(52)67)69-60-32-16-34-62-65(60)66-61(69)33-17-35-63(66)71(62)58-31-15-7-23-48(58)47-22-6-13-29-56(47)70-57-30-14-8-24-49(57)51-38-36-44(41-64(51)70)68-53-26-10-4-20-45(53)46-21-5-11-27-54(46)68/h1-41H. The Hall–Kier alpha value is -9.58. The second-order valence-electron chi connectivity index (χ2n) is 18.9. The number of fused-ring (bicyclic) bond motifs is 9. The van der Waals surface area contributed by atoms with Gasteiger partial charge in [-0.05, 0) is 103 Å². The summed E-state index contributed by atoms with van der Waals surface area (Å²) in [5, 5.41) is 10.00. The van der Waals surface area contributed by atoms with Gasteiger partial charge in [0, 0.05) is 71.3 Å². The Morgan fingerprint density at radius 2 is 0.535 bits per heavy atom. The second kappa shape index (κ2) is 14.5. The van der Waals surface area contributed by atoms with E-state index >= 15 is 0 Å². The Kier molecular flexibility index (Phi) is 7.82. The maximum Gasteiger partial charge on any atom is 0.0563 e. The number of hydrogen-bond donors (Lipinski definition) is 0. The van der Waals surface area contributed by atoms with E-state index in [0.29, 0.717) is 0 Å². The third-order valence-corrected chi connectivity index (χ3v) is 15.3. The lowest BCUT2D eigenvalue weighted by Crippen LogP contribution is -2.02. The third-order valence-electron chi connectivity index (χ3n) is 15.3. The molecule has 16 aromatic rings. The summed E-state index contributed by atoms with van der Waals surface area (Å²) in [7, 11) is 0. The Morgan fingerprint density at radius 1 is 0.183 bits per heavy atom. The molecule has 71 heavy (non-hydrogen) atoms. The normalized spacial score (nSPS) is 12.2. The van der Waals surface area contributed by atoms with Gasteiger partial charge in [0.05, 0.1) is 66.5 Å². The van der Waals surface area contributed by atoms with Crippen LogP contribution in [-0.2, 0) is 0 Å². The average molecular weight is 904 g/mol. The minimum absolute atomic E-state index is 1.13. The first kappa shape index (κ1) is 38.4. The molecule has 5 nitrogen and oxygen atoms in total. The van der Waals surface area contributed by atoms with Gasteiger partial charge >= 0.3 is 0 Å². The van der Waals surface area contributed by atoms with E-state index in [9.17, 15) is 0 Å². The zero-order valence-electron chi connectivity index (χ0n) is 38.4.